The van der Waals surface area contributed by atoms with Gasteiger partial charge in [0.1, 0.15) is 5.75 Å². The van der Waals surface area contributed by atoms with Crippen molar-refractivity contribution in [3.63, 3.8) is 0 Å². The zero-order valence-corrected chi connectivity index (χ0v) is 9.21. The topological polar surface area (TPSA) is 48.1 Å². The zero-order valence-electron chi connectivity index (χ0n) is 8.45. The van der Waals surface area contributed by atoms with Crippen molar-refractivity contribution in [1.29, 1.82) is 0 Å². The van der Waals surface area contributed by atoms with Crippen molar-refractivity contribution in [3.8, 4) is 11.5 Å². The van der Waals surface area contributed by atoms with E-state index in [2.05, 4.69) is 4.98 Å². The van der Waals surface area contributed by atoms with Gasteiger partial charge in [-0.25, -0.2) is 8.78 Å². The minimum absolute atomic E-state index is 0.0171. The summed E-state index contributed by atoms with van der Waals surface area (Å²) >= 11 is 5.67. The summed E-state index contributed by atoms with van der Waals surface area (Å²) in [5.41, 5.74) is 5.26. The third kappa shape index (κ3) is 2.62. The molecule has 2 N–H and O–H groups in total. The predicted octanol–water partition coefficient (Wildman–Crippen LogP) is 3.39. The summed E-state index contributed by atoms with van der Waals surface area (Å²) in [6.07, 6.45) is 2.67. The summed E-state index contributed by atoms with van der Waals surface area (Å²) in [6, 6.07) is 3.33. The Hall–Kier alpha value is -1.88. The molecule has 0 spiro atoms. The highest BCUT2D eigenvalue weighted by molar-refractivity contribution is 6.30. The van der Waals surface area contributed by atoms with Gasteiger partial charge in [-0.1, -0.05) is 11.6 Å². The lowest BCUT2D eigenvalue weighted by molar-refractivity contribution is 0.406. The van der Waals surface area contributed by atoms with Crippen LogP contribution in [-0.2, 0) is 0 Å². The average molecular weight is 257 g/mol. The number of rotatable bonds is 2. The zero-order chi connectivity index (χ0) is 12.4. The van der Waals surface area contributed by atoms with Crippen molar-refractivity contribution in [2.75, 3.05) is 5.73 Å². The minimum atomic E-state index is -0.887. The van der Waals surface area contributed by atoms with Crippen molar-refractivity contribution in [2.24, 2.45) is 0 Å². The van der Waals surface area contributed by atoms with Crippen LogP contribution < -0.4 is 10.5 Å². The van der Waals surface area contributed by atoms with Crippen LogP contribution in [0.25, 0.3) is 0 Å². The summed E-state index contributed by atoms with van der Waals surface area (Å²) in [5, 5.41) is 0.304. The largest absolute Gasteiger partial charge is 0.449 e. The maximum Gasteiger partial charge on any atom is 0.198 e. The molecule has 0 saturated heterocycles. The van der Waals surface area contributed by atoms with E-state index < -0.39 is 17.4 Å². The molecule has 0 aliphatic rings. The molecule has 0 saturated carbocycles. The Bertz CT molecular complexity index is 540. The van der Waals surface area contributed by atoms with Crippen molar-refractivity contribution >= 4 is 17.3 Å². The number of hydrogen-bond donors (Lipinski definition) is 1. The highest BCUT2D eigenvalue weighted by atomic mass is 35.5. The van der Waals surface area contributed by atoms with Crippen molar-refractivity contribution in [1.82, 2.24) is 4.98 Å². The minimum Gasteiger partial charge on any atom is -0.449 e. The average Bonchev–Trinajstić information content (AvgIpc) is 2.23. The van der Waals surface area contributed by atoms with E-state index in [1.165, 1.54) is 18.5 Å². The summed E-state index contributed by atoms with van der Waals surface area (Å²) in [5.74, 6) is -2.17. The van der Waals surface area contributed by atoms with E-state index in [-0.39, 0.29) is 11.4 Å². The van der Waals surface area contributed by atoms with Crippen LogP contribution >= 0.6 is 11.6 Å². The van der Waals surface area contributed by atoms with Crippen LogP contribution in [0.4, 0.5) is 14.5 Å². The molecule has 0 radical (unpaired) electrons. The highest BCUT2D eigenvalue weighted by Crippen LogP contribution is 2.29. The van der Waals surface area contributed by atoms with Crippen LogP contribution in [-0.4, -0.2) is 4.98 Å². The van der Waals surface area contributed by atoms with Gasteiger partial charge in [-0.05, 0) is 0 Å². The first kappa shape index (κ1) is 11.6. The van der Waals surface area contributed by atoms with E-state index >= 15 is 0 Å². The van der Waals surface area contributed by atoms with Crippen LogP contribution in [0.2, 0.25) is 5.02 Å². The number of anilines is 1. The number of nitrogen functional groups attached to an aromatic ring is 1. The van der Waals surface area contributed by atoms with E-state index in [1.54, 1.807) is 0 Å². The third-order valence-electron chi connectivity index (χ3n) is 1.92. The second kappa shape index (κ2) is 4.55. The van der Waals surface area contributed by atoms with Gasteiger partial charge >= 0.3 is 0 Å². The lowest BCUT2D eigenvalue weighted by atomic mass is 10.3. The molecule has 0 aliphatic carbocycles. The normalized spacial score (nSPS) is 10.3. The van der Waals surface area contributed by atoms with Gasteiger partial charge in [-0.15, -0.1) is 0 Å². The van der Waals surface area contributed by atoms with Crippen molar-refractivity contribution in [3.05, 3.63) is 47.2 Å². The Morgan fingerprint density at radius 1 is 1.12 bits per heavy atom. The van der Waals surface area contributed by atoms with E-state index in [9.17, 15) is 8.78 Å². The quantitative estimate of drug-likeness (QED) is 0.838. The van der Waals surface area contributed by atoms with Gasteiger partial charge < -0.3 is 10.5 Å². The van der Waals surface area contributed by atoms with Crippen LogP contribution in [0.1, 0.15) is 0 Å². The fourth-order valence-corrected chi connectivity index (χ4v) is 1.41. The molecule has 2 rings (SSSR count). The van der Waals surface area contributed by atoms with Crippen LogP contribution in [0, 0.1) is 11.6 Å². The molecular weight excluding hydrogens is 250 g/mol. The van der Waals surface area contributed by atoms with Gasteiger partial charge in [-0.2, -0.15) is 0 Å². The van der Waals surface area contributed by atoms with Crippen molar-refractivity contribution < 1.29 is 13.5 Å². The number of nitrogens with zero attached hydrogens (tertiary/aromatic N) is 1. The number of benzene rings is 1. The number of nitrogens with two attached hydrogens (primary N) is 1. The third-order valence-corrected chi connectivity index (χ3v) is 2.13. The number of halogens is 3. The Labute approximate surface area is 101 Å². The second-order valence-corrected chi connectivity index (χ2v) is 3.69. The predicted molar refractivity (Wildman–Crippen MR) is 60.1 cm³/mol. The first-order valence-corrected chi connectivity index (χ1v) is 4.97. The molecular formula is C11H7ClF2N2O. The first-order chi connectivity index (χ1) is 8.06. The molecule has 2 aromatic rings. The van der Waals surface area contributed by atoms with Crippen LogP contribution in [0.15, 0.2) is 30.6 Å². The Balaban J connectivity index is 2.36. The summed E-state index contributed by atoms with van der Waals surface area (Å²) in [6.45, 7) is 0. The van der Waals surface area contributed by atoms with Gasteiger partial charge in [0.25, 0.3) is 0 Å². The van der Waals surface area contributed by atoms with Gasteiger partial charge in [0.15, 0.2) is 17.4 Å². The maximum absolute atomic E-state index is 13.4. The summed E-state index contributed by atoms with van der Waals surface area (Å²) in [4.78, 5) is 3.73. The lowest BCUT2D eigenvalue weighted by Gasteiger charge is -2.08. The van der Waals surface area contributed by atoms with Crippen LogP contribution in [0.3, 0.4) is 0 Å². The van der Waals surface area contributed by atoms with E-state index in [4.69, 9.17) is 22.1 Å². The van der Waals surface area contributed by atoms with Gasteiger partial charge in [0, 0.05) is 30.1 Å². The molecule has 0 unspecified atom stereocenters. The molecule has 0 fully saturated rings. The molecule has 0 atom stereocenters. The smallest absolute Gasteiger partial charge is 0.198 e. The number of pyridine rings is 1. The lowest BCUT2D eigenvalue weighted by Crippen LogP contribution is -1.96. The molecule has 88 valence electrons. The summed E-state index contributed by atoms with van der Waals surface area (Å²) in [7, 11) is 0. The maximum atomic E-state index is 13.4. The van der Waals surface area contributed by atoms with Gasteiger partial charge in [0.05, 0.1) is 11.2 Å². The molecule has 1 heterocycles. The fraction of sp³-hybridized carbons (Fsp3) is 0. The Morgan fingerprint density at radius 2 is 1.76 bits per heavy atom. The van der Waals surface area contributed by atoms with E-state index in [0.29, 0.717) is 5.02 Å². The number of hydrogen-bond acceptors (Lipinski definition) is 3. The molecule has 0 amide bonds. The van der Waals surface area contributed by atoms with E-state index in [1.807, 2.05) is 0 Å². The number of aromatic nitrogens is 1. The van der Waals surface area contributed by atoms with Crippen LogP contribution in [0.5, 0.6) is 11.5 Å². The number of ether oxygens (including phenoxy) is 1. The standard InChI is InChI=1S/C11H7ClF2N2O/c12-6-1-8(5-16-4-6)17-11-9(13)2-7(15)3-10(11)14/h1-5H,15H2. The first-order valence-electron chi connectivity index (χ1n) is 4.59. The molecule has 3 nitrogen and oxygen atoms in total. The monoisotopic (exact) mass is 256 g/mol. The fourth-order valence-electron chi connectivity index (χ4n) is 1.24. The molecule has 0 aliphatic heterocycles. The highest BCUT2D eigenvalue weighted by Gasteiger charge is 2.13. The second-order valence-electron chi connectivity index (χ2n) is 3.25. The van der Waals surface area contributed by atoms with Gasteiger partial charge in [0.2, 0.25) is 0 Å². The molecule has 1 aromatic heterocycles. The van der Waals surface area contributed by atoms with Crippen molar-refractivity contribution in [2.45, 2.75) is 0 Å². The molecule has 6 heteroatoms. The van der Waals surface area contributed by atoms with Gasteiger partial charge in [-0.3, -0.25) is 4.98 Å². The Morgan fingerprint density at radius 3 is 2.35 bits per heavy atom. The molecule has 17 heavy (non-hydrogen) atoms. The summed E-state index contributed by atoms with van der Waals surface area (Å²) < 4.78 is 31.8. The Kier molecular flexibility index (Phi) is 3.10. The van der Waals surface area contributed by atoms with E-state index in [0.717, 1.165) is 12.1 Å². The molecule has 1 aromatic carbocycles. The SMILES string of the molecule is Nc1cc(F)c(Oc2cncc(Cl)c2)c(F)c1. The molecule has 0 bridgehead atoms.